The minimum absolute atomic E-state index is 0.0404. The van der Waals surface area contributed by atoms with Crippen LogP contribution in [0.5, 0.6) is 5.75 Å². The number of ketones is 1. The Bertz CT molecular complexity index is 2030. The molecule has 1 unspecified atom stereocenters. The van der Waals surface area contributed by atoms with Crippen molar-refractivity contribution in [1.29, 1.82) is 0 Å². The number of aliphatic hydroxyl groups excluding tert-OH is 1. The van der Waals surface area contributed by atoms with Crippen molar-refractivity contribution in [2.24, 2.45) is 0 Å². The van der Waals surface area contributed by atoms with E-state index in [9.17, 15) is 29.2 Å². The summed E-state index contributed by atoms with van der Waals surface area (Å²) in [7, 11) is 0. The number of nitrogens with zero attached hydrogens (tertiary/aromatic N) is 4. The average Bonchev–Trinajstić information content (AvgIpc) is 3.65. The SMILES string of the molecule is Cc1ccccc1COc1ccc(C(O)=C2C(=O)C(=O)N(c3nnc(SCc4ccccc4F)s3)C2c2cccc([N+](=O)[O-])c2)cc1. The molecule has 1 aromatic heterocycles. The number of hydrogen-bond donors (Lipinski definition) is 1. The predicted octanol–water partition coefficient (Wildman–Crippen LogP) is 7.39. The summed E-state index contributed by atoms with van der Waals surface area (Å²) in [5, 5.41) is 31.4. The number of nitro groups is 1. The Balaban J connectivity index is 1.33. The second-order valence-electron chi connectivity index (χ2n) is 10.5. The number of halogens is 1. The highest BCUT2D eigenvalue weighted by Gasteiger charge is 2.48. The monoisotopic (exact) mass is 668 g/mol. The van der Waals surface area contributed by atoms with Gasteiger partial charge in [0.2, 0.25) is 5.13 Å². The molecule has 6 rings (SSSR count). The van der Waals surface area contributed by atoms with Gasteiger partial charge in [-0.05, 0) is 59.5 Å². The molecule has 1 aliphatic heterocycles. The number of nitro benzene ring substituents is 1. The van der Waals surface area contributed by atoms with Crippen LogP contribution in [-0.2, 0) is 21.9 Å². The maximum atomic E-state index is 14.2. The van der Waals surface area contributed by atoms with Gasteiger partial charge in [0.1, 0.15) is 23.9 Å². The first-order valence-electron chi connectivity index (χ1n) is 14.2. The summed E-state index contributed by atoms with van der Waals surface area (Å²) in [5.74, 6) is -2.04. The highest BCUT2D eigenvalue weighted by molar-refractivity contribution is 8.00. The van der Waals surface area contributed by atoms with E-state index in [2.05, 4.69) is 10.2 Å². The zero-order valence-corrected chi connectivity index (χ0v) is 26.3. The summed E-state index contributed by atoms with van der Waals surface area (Å²) in [6.07, 6.45) is 0. The van der Waals surface area contributed by atoms with Crippen molar-refractivity contribution in [2.75, 3.05) is 4.90 Å². The molecule has 47 heavy (non-hydrogen) atoms. The normalized spacial score (nSPS) is 15.6. The third-order valence-electron chi connectivity index (χ3n) is 7.54. The van der Waals surface area contributed by atoms with E-state index in [4.69, 9.17) is 4.74 Å². The van der Waals surface area contributed by atoms with Gasteiger partial charge in [0.05, 0.1) is 16.5 Å². The number of non-ortho nitro benzene ring substituents is 1. The van der Waals surface area contributed by atoms with Crippen LogP contribution in [0.15, 0.2) is 107 Å². The predicted molar refractivity (Wildman–Crippen MR) is 176 cm³/mol. The van der Waals surface area contributed by atoms with Crippen LogP contribution >= 0.6 is 23.1 Å². The molecule has 10 nitrogen and oxygen atoms in total. The molecule has 0 spiro atoms. The number of ether oxygens (including phenoxy) is 1. The molecule has 1 N–H and O–H groups in total. The molecular formula is C34H25FN4O6S2. The van der Waals surface area contributed by atoms with Crippen LogP contribution in [0.1, 0.15) is 33.9 Å². The van der Waals surface area contributed by atoms with E-state index in [1.807, 2.05) is 31.2 Å². The molecule has 1 aliphatic rings. The van der Waals surface area contributed by atoms with Gasteiger partial charge >= 0.3 is 5.91 Å². The quantitative estimate of drug-likeness (QED) is 0.0307. The molecular weight excluding hydrogens is 644 g/mol. The van der Waals surface area contributed by atoms with Crippen molar-refractivity contribution in [2.45, 2.75) is 29.7 Å². The lowest BCUT2D eigenvalue weighted by molar-refractivity contribution is -0.384. The standard InChI is InChI=1S/C34H25FN4O6S2/c1-20-7-2-3-8-23(20)18-45-26-15-13-21(14-16-26)30(40)28-29(22-10-6-11-25(17-22)39(43)44)38(32(42)31(28)41)33-36-37-34(47-33)46-19-24-9-4-5-12-27(24)35/h2-17,29,40H,18-19H2,1H3. The van der Waals surface area contributed by atoms with Gasteiger partial charge in [0.15, 0.2) is 4.34 Å². The molecule has 5 aromatic rings. The first-order chi connectivity index (χ1) is 22.7. The summed E-state index contributed by atoms with van der Waals surface area (Å²) >= 11 is 2.20. The minimum atomic E-state index is -1.25. The van der Waals surface area contributed by atoms with Crippen molar-refractivity contribution in [3.8, 4) is 5.75 Å². The van der Waals surface area contributed by atoms with Crippen molar-refractivity contribution < 1.29 is 28.7 Å². The van der Waals surface area contributed by atoms with E-state index in [0.29, 0.717) is 22.3 Å². The Kier molecular flexibility index (Phi) is 9.09. The molecule has 2 heterocycles. The van der Waals surface area contributed by atoms with Gasteiger partial charge in [-0.1, -0.05) is 77.7 Å². The van der Waals surface area contributed by atoms with Crippen molar-refractivity contribution >= 4 is 51.4 Å². The van der Waals surface area contributed by atoms with Gasteiger partial charge in [-0.2, -0.15) is 0 Å². The van der Waals surface area contributed by atoms with Crippen molar-refractivity contribution in [3.63, 3.8) is 0 Å². The Morgan fingerprint density at radius 3 is 2.45 bits per heavy atom. The molecule has 1 saturated heterocycles. The number of Topliss-reactive ketones (excluding diaryl/α,β-unsaturated/α-hetero) is 1. The largest absolute Gasteiger partial charge is 0.507 e. The molecule has 1 fully saturated rings. The Labute approximate surface area is 276 Å². The molecule has 13 heteroatoms. The first-order valence-corrected chi connectivity index (χ1v) is 16.0. The van der Waals surface area contributed by atoms with Crippen LogP contribution in [0.4, 0.5) is 15.2 Å². The molecule has 0 radical (unpaired) electrons. The summed E-state index contributed by atoms with van der Waals surface area (Å²) < 4.78 is 20.5. The Hall–Kier alpha value is -5.40. The Morgan fingerprint density at radius 1 is 1.00 bits per heavy atom. The van der Waals surface area contributed by atoms with Gasteiger partial charge < -0.3 is 9.84 Å². The lowest BCUT2D eigenvalue weighted by Crippen LogP contribution is -2.29. The zero-order chi connectivity index (χ0) is 33.1. The first kappa shape index (κ1) is 31.6. The number of rotatable bonds is 10. The van der Waals surface area contributed by atoms with Crippen molar-refractivity contribution in [3.05, 3.63) is 146 Å². The highest BCUT2D eigenvalue weighted by Crippen LogP contribution is 2.44. The third kappa shape index (κ3) is 6.62. The second-order valence-corrected chi connectivity index (χ2v) is 12.7. The lowest BCUT2D eigenvalue weighted by Gasteiger charge is -2.22. The minimum Gasteiger partial charge on any atom is -0.507 e. The van der Waals surface area contributed by atoms with Gasteiger partial charge in [-0.3, -0.25) is 24.6 Å². The summed E-state index contributed by atoms with van der Waals surface area (Å²) in [6, 6.07) is 24.8. The Morgan fingerprint density at radius 2 is 1.72 bits per heavy atom. The van der Waals surface area contributed by atoms with Crippen LogP contribution in [0.25, 0.3) is 5.76 Å². The fraction of sp³-hybridized carbons (Fsp3) is 0.118. The fourth-order valence-electron chi connectivity index (χ4n) is 5.06. The van der Waals surface area contributed by atoms with Crippen LogP contribution in [0.2, 0.25) is 0 Å². The fourth-order valence-corrected chi connectivity index (χ4v) is 6.92. The van der Waals surface area contributed by atoms with E-state index in [1.165, 1.54) is 42.1 Å². The van der Waals surface area contributed by atoms with Crippen LogP contribution < -0.4 is 9.64 Å². The number of aliphatic hydroxyl groups is 1. The maximum absolute atomic E-state index is 14.2. The maximum Gasteiger partial charge on any atom is 0.301 e. The molecule has 4 aromatic carbocycles. The molecule has 1 atom stereocenters. The van der Waals surface area contributed by atoms with Crippen LogP contribution in [0.3, 0.4) is 0 Å². The molecule has 0 saturated carbocycles. The number of carbonyl (C=O) groups is 2. The zero-order valence-electron chi connectivity index (χ0n) is 24.7. The van der Waals surface area contributed by atoms with Gasteiger partial charge in [0.25, 0.3) is 11.5 Å². The number of amides is 1. The molecule has 0 aliphatic carbocycles. The van der Waals surface area contributed by atoms with E-state index in [0.717, 1.165) is 27.4 Å². The average molecular weight is 669 g/mol. The van der Waals surface area contributed by atoms with E-state index < -0.39 is 28.4 Å². The topological polar surface area (TPSA) is 136 Å². The van der Waals surface area contributed by atoms with Gasteiger partial charge in [-0.15, -0.1) is 10.2 Å². The summed E-state index contributed by atoms with van der Waals surface area (Å²) in [5.41, 5.74) is 2.48. The van der Waals surface area contributed by atoms with E-state index in [-0.39, 0.29) is 39.1 Å². The molecule has 1 amide bonds. The van der Waals surface area contributed by atoms with Gasteiger partial charge in [-0.25, -0.2) is 4.39 Å². The van der Waals surface area contributed by atoms with E-state index in [1.54, 1.807) is 42.5 Å². The van der Waals surface area contributed by atoms with Crippen LogP contribution in [0, 0.1) is 22.9 Å². The smallest absolute Gasteiger partial charge is 0.301 e. The third-order valence-corrected chi connectivity index (χ3v) is 9.64. The van der Waals surface area contributed by atoms with Gasteiger partial charge in [0, 0.05) is 23.4 Å². The number of benzene rings is 4. The van der Waals surface area contributed by atoms with Crippen LogP contribution in [-0.4, -0.2) is 31.9 Å². The number of aromatic nitrogens is 2. The van der Waals surface area contributed by atoms with E-state index >= 15 is 0 Å². The number of thioether (sulfide) groups is 1. The molecule has 236 valence electrons. The number of anilines is 1. The second kappa shape index (κ2) is 13.5. The lowest BCUT2D eigenvalue weighted by atomic mass is 9.95. The van der Waals surface area contributed by atoms with Crippen molar-refractivity contribution in [1.82, 2.24) is 10.2 Å². The highest BCUT2D eigenvalue weighted by atomic mass is 32.2. The summed E-state index contributed by atoms with van der Waals surface area (Å²) in [6.45, 7) is 2.32. The molecule has 0 bridgehead atoms. The number of carbonyl (C=O) groups excluding carboxylic acids is 2. The number of hydrogen-bond acceptors (Lipinski definition) is 10. The number of aryl methyl sites for hydroxylation is 1. The summed E-state index contributed by atoms with van der Waals surface area (Å²) in [4.78, 5) is 39.2.